The zero-order valence-corrected chi connectivity index (χ0v) is 16.2. The third-order valence-corrected chi connectivity index (χ3v) is 4.03. The molecule has 1 fully saturated rings. The van der Waals surface area contributed by atoms with Gasteiger partial charge < -0.3 is 20.3 Å². The fraction of sp³-hybridized carbons (Fsp3) is 0.611. The van der Waals surface area contributed by atoms with Gasteiger partial charge in [0.05, 0.1) is 13.2 Å². The third-order valence-electron chi connectivity index (χ3n) is 4.03. The molecule has 7 heteroatoms. The van der Waals surface area contributed by atoms with Crippen LogP contribution in [0.3, 0.4) is 0 Å². The number of hydrogen-bond acceptors (Lipinski definition) is 4. The van der Waals surface area contributed by atoms with Crippen LogP contribution in [0.15, 0.2) is 12.1 Å². The summed E-state index contributed by atoms with van der Waals surface area (Å²) in [6, 6.07) is 4.14. The molecular formula is C18H31ClN2O4. The monoisotopic (exact) mass is 374 g/mol. The molecule has 1 heterocycles. The van der Waals surface area contributed by atoms with Crippen LogP contribution in [0.4, 0.5) is 0 Å². The van der Waals surface area contributed by atoms with Gasteiger partial charge in [0.25, 0.3) is 5.91 Å². The second-order valence-electron chi connectivity index (χ2n) is 6.17. The second kappa shape index (κ2) is 12.1. The summed E-state index contributed by atoms with van der Waals surface area (Å²) < 4.78 is 11.0. The molecule has 144 valence electrons. The molecule has 2 rings (SSSR count). The van der Waals surface area contributed by atoms with Gasteiger partial charge in [-0.1, -0.05) is 17.7 Å². The number of rotatable bonds is 7. The molecule has 0 atom stereocenters. The highest BCUT2D eigenvalue weighted by molar-refractivity contribution is 5.85. The zero-order chi connectivity index (χ0) is 16.7. The fourth-order valence-electron chi connectivity index (χ4n) is 2.94. The van der Waals surface area contributed by atoms with Crippen LogP contribution in [0.25, 0.3) is 0 Å². The van der Waals surface area contributed by atoms with Gasteiger partial charge in [-0.3, -0.25) is 9.69 Å². The van der Waals surface area contributed by atoms with Gasteiger partial charge in [-0.25, -0.2) is 0 Å². The Morgan fingerprint density at radius 2 is 1.80 bits per heavy atom. The minimum Gasteiger partial charge on any atom is -0.483 e. The summed E-state index contributed by atoms with van der Waals surface area (Å²) in [7, 11) is 0. The lowest BCUT2D eigenvalue weighted by molar-refractivity contribution is -0.123. The van der Waals surface area contributed by atoms with Crippen molar-refractivity contribution in [1.82, 2.24) is 10.2 Å². The molecule has 25 heavy (non-hydrogen) atoms. The van der Waals surface area contributed by atoms with Crippen molar-refractivity contribution in [3.05, 3.63) is 28.8 Å². The highest BCUT2D eigenvalue weighted by atomic mass is 35.5. The van der Waals surface area contributed by atoms with Crippen LogP contribution >= 0.6 is 12.4 Å². The molecule has 6 nitrogen and oxygen atoms in total. The lowest BCUT2D eigenvalue weighted by Gasteiger charge is -2.26. The number of carbonyl (C=O) groups excluding carboxylic acids is 1. The minimum absolute atomic E-state index is 0. The molecule has 0 bridgehead atoms. The first kappa shape index (κ1) is 23.7. The standard InChI is InChI=1S/C18H28N2O3.ClH.H2O/c1-14-11-15(2)18(16(3)12-14)23-13-17(21)19-5-4-6-20-7-9-22-10-8-20;;/h11-12H,4-10,13H2,1-3H3,(H,19,21);1H;1H2. The number of halogens is 1. The number of morpholine rings is 1. The maximum atomic E-state index is 11.9. The van der Waals surface area contributed by atoms with E-state index < -0.39 is 0 Å². The fourth-order valence-corrected chi connectivity index (χ4v) is 2.94. The molecule has 3 N–H and O–H groups in total. The Labute approximate surface area is 156 Å². The average molecular weight is 375 g/mol. The highest BCUT2D eigenvalue weighted by Crippen LogP contribution is 2.24. The molecule has 1 aromatic carbocycles. The number of aryl methyl sites for hydroxylation is 3. The summed E-state index contributed by atoms with van der Waals surface area (Å²) >= 11 is 0. The number of hydrogen-bond donors (Lipinski definition) is 1. The van der Waals surface area contributed by atoms with Gasteiger partial charge in [0, 0.05) is 19.6 Å². The van der Waals surface area contributed by atoms with Gasteiger partial charge in [-0.05, 0) is 44.9 Å². The second-order valence-corrected chi connectivity index (χ2v) is 6.17. The maximum absolute atomic E-state index is 11.9. The van der Waals surface area contributed by atoms with Crippen LogP contribution in [0, 0.1) is 20.8 Å². The molecule has 0 aliphatic carbocycles. The van der Waals surface area contributed by atoms with E-state index in [2.05, 4.69) is 29.3 Å². The van der Waals surface area contributed by atoms with Gasteiger partial charge >= 0.3 is 0 Å². The lowest BCUT2D eigenvalue weighted by atomic mass is 10.1. The van der Waals surface area contributed by atoms with Gasteiger partial charge in [-0.15, -0.1) is 12.4 Å². The zero-order valence-electron chi connectivity index (χ0n) is 15.4. The molecule has 1 aromatic rings. The molecular weight excluding hydrogens is 344 g/mol. The summed E-state index contributed by atoms with van der Waals surface area (Å²) in [6.07, 6.45) is 0.953. The SMILES string of the molecule is Cc1cc(C)c(OCC(=O)NCCCN2CCOCC2)c(C)c1.Cl.O. The Morgan fingerprint density at radius 1 is 1.20 bits per heavy atom. The Hall–Kier alpha value is -1.34. The molecule has 0 aromatic heterocycles. The Morgan fingerprint density at radius 3 is 2.40 bits per heavy atom. The van der Waals surface area contributed by atoms with Crippen LogP contribution in [-0.4, -0.2) is 62.3 Å². The summed E-state index contributed by atoms with van der Waals surface area (Å²) in [6.45, 7) is 11.4. The van der Waals surface area contributed by atoms with Crippen molar-refractivity contribution in [3.8, 4) is 5.75 Å². The topological polar surface area (TPSA) is 82.3 Å². The van der Waals surface area contributed by atoms with Crippen molar-refractivity contribution in [3.63, 3.8) is 0 Å². The first-order chi connectivity index (χ1) is 11.1. The number of carbonyl (C=O) groups is 1. The van der Waals surface area contributed by atoms with Crippen molar-refractivity contribution in [2.75, 3.05) is 46.0 Å². The molecule has 0 saturated carbocycles. The summed E-state index contributed by atoms with van der Waals surface area (Å²) in [5.41, 5.74) is 3.35. The van der Waals surface area contributed by atoms with E-state index in [0.29, 0.717) is 6.54 Å². The molecule has 1 aliphatic heterocycles. The predicted molar refractivity (Wildman–Crippen MR) is 102 cm³/mol. The Kier molecular flexibility index (Phi) is 11.4. The first-order valence-electron chi connectivity index (χ1n) is 8.33. The van der Waals surface area contributed by atoms with Gasteiger partial charge in [-0.2, -0.15) is 0 Å². The molecule has 1 saturated heterocycles. The third kappa shape index (κ3) is 8.05. The predicted octanol–water partition coefficient (Wildman–Crippen LogP) is 1.43. The Balaban J connectivity index is 0.00000288. The van der Waals surface area contributed by atoms with Crippen LogP contribution in [0.5, 0.6) is 5.75 Å². The van der Waals surface area contributed by atoms with E-state index in [1.807, 2.05) is 13.8 Å². The van der Waals surface area contributed by atoms with Crippen molar-refractivity contribution in [2.45, 2.75) is 27.2 Å². The number of nitrogens with zero attached hydrogens (tertiary/aromatic N) is 1. The maximum Gasteiger partial charge on any atom is 0.257 e. The van der Waals surface area contributed by atoms with Gasteiger partial charge in [0.1, 0.15) is 5.75 Å². The molecule has 1 amide bonds. The smallest absolute Gasteiger partial charge is 0.257 e. The molecule has 0 radical (unpaired) electrons. The van der Waals surface area contributed by atoms with E-state index in [9.17, 15) is 4.79 Å². The molecule has 1 aliphatic rings. The van der Waals surface area contributed by atoms with E-state index in [-0.39, 0.29) is 30.4 Å². The number of nitrogens with one attached hydrogen (secondary N) is 1. The molecule has 0 spiro atoms. The normalized spacial score (nSPS) is 14.2. The average Bonchev–Trinajstić information content (AvgIpc) is 2.51. The van der Waals surface area contributed by atoms with E-state index >= 15 is 0 Å². The summed E-state index contributed by atoms with van der Waals surface area (Å²) in [5, 5.41) is 2.92. The van der Waals surface area contributed by atoms with Crippen LogP contribution in [-0.2, 0) is 9.53 Å². The number of benzene rings is 1. The number of amides is 1. The van der Waals surface area contributed by atoms with E-state index in [4.69, 9.17) is 9.47 Å². The lowest BCUT2D eigenvalue weighted by Crippen LogP contribution is -2.38. The van der Waals surface area contributed by atoms with Crippen LogP contribution < -0.4 is 10.1 Å². The van der Waals surface area contributed by atoms with Crippen molar-refractivity contribution in [1.29, 1.82) is 0 Å². The van der Waals surface area contributed by atoms with Crippen molar-refractivity contribution < 1.29 is 19.7 Å². The van der Waals surface area contributed by atoms with Gasteiger partial charge in [0.15, 0.2) is 6.61 Å². The largest absolute Gasteiger partial charge is 0.483 e. The van der Waals surface area contributed by atoms with Crippen molar-refractivity contribution in [2.24, 2.45) is 0 Å². The molecule has 0 unspecified atom stereocenters. The number of ether oxygens (including phenoxy) is 2. The van der Waals surface area contributed by atoms with Gasteiger partial charge in [0.2, 0.25) is 0 Å². The van der Waals surface area contributed by atoms with Crippen LogP contribution in [0.2, 0.25) is 0 Å². The summed E-state index contributed by atoms with van der Waals surface area (Å²) in [4.78, 5) is 14.3. The van der Waals surface area contributed by atoms with Crippen molar-refractivity contribution >= 4 is 18.3 Å². The Bertz CT molecular complexity index is 511. The minimum atomic E-state index is -0.0636. The first-order valence-corrected chi connectivity index (χ1v) is 8.33. The van der Waals surface area contributed by atoms with E-state index in [0.717, 1.165) is 56.1 Å². The summed E-state index contributed by atoms with van der Waals surface area (Å²) in [5.74, 6) is 0.755. The quantitative estimate of drug-likeness (QED) is 0.732. The highest BCUT2D eigenvalue weighted by Gasteiger charge is 2.10. The van der Waals surface area contributed by atoms with E-state index in [1.54, 1.807) is 0 Å². The van der Waals surface area contributed by atoms with E-state index in [1.165, 1.54) is 5.56 Å². The van der Waals surface area contributed by atoms with Crippen LogP contribution in [0.1, 0.15) is 23.1 Å².